The second-order valence-electron chi connectivity index (χ2n) is 4.35. The first-order chi connectivity index (χ1) is 9.45. The van der Waals surface area contributed by atoms with Gasteiger partial charge >= 0.3 is 0 Å². The fourth-order valence-electron chi connectivity index (χ4n) is 1.97. The Morgan fingerprint density at radius 1 is 1.40 bits per heavy atom. The molecule has 20 heavy (non-hydrogen) atoms. The Kier molecular flexibility index (Phi) is 4.17. The topological polar surface area (TPSA) is 66.5 Å². The van der Waals surface area contributed by atoms with Crippen molar-refractivity contribution in [3.05, 3.63) is 28.0 Å². The van der Waals surface area contributed by atoms with E-state index in [0.29, 0.717) is 6.54 Å². The number of halogens is 2. The molecule has 106 valence electrons. The lowest BCUT2D eigenvalue weighted by Gasteiger charge is -2.17. The molecule has 7 heteroatoms. The molecule has 0 fully saturated rings. The van der Waals surface area contributed by atoms with Crippen molar-refractivity contribution in [1.82, 2.24) is 5.32 Å². The van der Waals surface area contributed by atoms with Crippen LogP contribution >= 0.6 is 15.9 Å². The summed E-state index contributed by atoms with van der Waals surface area (Å²) in [7, 11) is 0. The van der Waals surface area contributed by atoms with Crippen molar-refractivity contribution in [2.24, 2.45) is 0 Å². The Labute approximate surface area is 123 Å². The second kappa shape index (κ2) is 5.70. The number of carbonyl (C=O) groups excluding carboxylic acids is 3. The number of rotatable bonds is 4. The van der Waals surface area contributed by atoms with Crippen molar-refractivity contribution < 1.29 is 18.8 Å². The molecule has 0 unspecified atom stereocenters. The van der Waals surface area contributed by atoms with Crippen LogP contribution in [0.5, 0.6) is 0 Å². The quantitative estimate of drug-likeness (QED) is 0.846. The molecule has 0 spiro atoms. The van der Waals surface area contributed by atoms with Crippen molar-refractivity contribution in [3.8, 4) is 0 Å². The third-order valence-corrected chi connectivity index (χ3v) is 3.46. The van der Waals surface area contributed by atoms with Crippen LogP contribution in [-0.4, -0.2) is 30.7 Å². The fraction of sp³-hybridized carbons (Fsp3) is 0.308. The standard InChI is InChI=1S/C13H12BrFN2O3/c1-2-3-16-10(18)6-17-11-8(12(19)13(17)20)4-7(15)5-9(11)14/h4-5H,2-3,6H2,1H3,(H,16,18). The van der Waals surface area contributed by atoms with Gasteiger partial charge in [0.1, 0.15) is 12.4 Å². The van der Waals surface area contributed by atoms with Crippen molar-refractivity contribution in [1.29, 1.82) is 0 Å². The van der Waals surface area contributed by atoms with E-state index in [-0.39, 0.29) is 28.2 Å². The van der Waals surface area contributed by atoms with Gasteiger partial charge in [0.2, 0.25) is 5.91 Å². The number of amides is 2. The number of hydrogen-bond acceptors (Lipinski definition) is 3. The fourth-order valence-corrected chi connectivity index (χ4v) is 2.61. The van der Waals surface area contributed by atoms with E-state index in [4.69, 9.17) is 0 Å². The first-order valence-corrected chi connectivity index (χ1v) is 6.87. The highest BCUT2D eigenvalue weighted by molar-refractivity contribution is 9.10. The molecular weight excluding hydrogens is 331 g/mol. The highest BCUT2D eigenvalue weighted by Gasteiger charge is 2.38. The molecule has 5 nitrogen and oxygen atoms in total. The van der Waals surface area contributed by atoms with E-state index < -0.39 is 17.5 Å². The highest BCUT2D eigenvalue weighted by Crippen LogP contribution is 2.36. The van der Waals surface area contributed by atoms with Gasteiger partial charge in [-0.2, -0.15) is 0 Å². The van der Waals surface area contributed by atoms with Crippen LogP contribution < -0.4 is 10.2 Å². The monoisotopic (exact) mass is 342 g/mol. The predicted octanol–water partition coefficient (Wildman–Crippen LogP) is 1.64. The van der Waals surface area contributed by atoms with Gasteiger partial charge in [0.05, 0.1) is 11.3 Å². The van der Waals surface area contributed by atoms with E-state index in [0.717, 1.165) is 23.5 Å². The largest absolute Gasteiger partial charge is 0.355 e. The summed E-state index contributed by atoms with van der Waals surface area (Å²) >= 11 is 3.12. The summed E-state index contributed by atoms with van der Waals surface area (Å²) in [6.45, 7) is 2.13. The lowest BCUT2D eigenvalue weighted by Crippen LogP contribution is -2.40. The lowest BCUT2D eigenvalue weighted by atomic mass is 10.1. The molecule has 1 heterocycles. The molecule has 0 saturated heterocycles. The van der Waals surface area contributed by atoms with Gasteiger partial charge in [0.15, 0.2) is 0 Å². The zero-order chi connectivity index (χ0) is 14.9. The number of carbonyl (C=O) groups is 3. The Hall–Kier alpha value is -1.76. The number of nitrogens with one attached hydrogen (secondary N) is 1. The van der Waals surface area contributed by atoms with Gasteiger partial charge in [-0.1, -0.05) is 6.92 Å². The molecule has 0 saturated carbocycles. The maximum absolute atomic E-state index is 13.3. The molecule has 0 atom stereocenters. The average Bonchev–Trinajstić information content (AvgIpc) is 2.62. The third kappa shape index (κ3) is 2.58. The lowest BCUT2D eigenvalue weighted by molar-refractivity contribution is -0.122. The van der Waals surface area contributed by atoms with Crippen LogP contribution in [0.4, 0.5) is 10.1 Å². The normalized spacial score (nSPS) is 13.7. The van der Waals surface area contributed by atoms with E-state index >= 15 is 0 Å². The SMILES string of the molecule is CCCNC(=O)CN1C(=O)C(=O)c2cc(F)cc(Br)c21. The minimum absolute atomic E-state index is 0.0230. The van der Waals surface area contributed by atoms with Gasteiger partial charge in [0, 0.05) is 11.0 Å². The molecule has 1 aromatic rings. The van der Waals surface area contributed by atoms with Gasteiger partial charge in [0.25, 0.3) is 11.7 Å². The van der Waals surface area contributed by atoms with Crippen LogP contribution in [0.25, 0.3) is 0 Å². The zero-order valence-electron chi connectivity index (χ0n) is 10.7. The number of Topliss-reactive ketones (excluding diaryl/α,β-unsaturated/α-hetero) is 1. The van der Waals surface area contributed by atoms with E-state index in [9.17, 15) is 18.8 Å². The number of fused-ring (bicyclic) bond motifs is 1. The third-order valence-electron chi connectivity index (χ3n) is 2.86. The molecule has 1 aliphatic heterocycles. The van der Waals surface area contributed by atoms with Crippen LogP contribution in [-0.2, 0) is 9.59 Å². The Balaban J connectivity index is 2.31. The molecule has 0 bridgehead atoms. The highest BCUT2D eigenvalue weighted by atomic mass is 79.9. The molecule has 0 aliphatic carbocycles. The van der Waals surface area contributed by atoms with Crippen LogP contribution in [0.2, 0.25) is 0 Å². The molecule has 1 N–H and O–H groups in total. The smallest absolute Gasteiger partial charge is 0.299 e. The van der Waals surface area contributed by atoms with Crippen molar-refractivity contribution in [2.75, 3.05) is 18.0 Å². The molecule has 2 amide bonds. The summed E-state index contributed by atoms with van der Waals surface area (Å²) in [6, 6.07) is 2.16. The van der Waals surface area contributed by atoms with Crippen molar-refractivity contribution >= 4 is 39.2 Å². The zero-order valence-corrected chi connectivity index (χ0v) is 12.3. The Morgan fingerprint density at radius 3 is 2.75 bits per heavy atom. The van der Waals surface area contributed by atoms with Gasteiger partial charge in [-0.05, 0) is 34.5 Å². The average molecular weight is 343 g/mol. The van der Waals surface area contributed by atoms with Crippen LogP contribution in [0.3, 0.4) is 0 Å². The minimum atomic E-state index is -0.821. The van der Waals surface area contributed by atoms with E-state index in [1.54, 1.807) is 0 Å². The summed E-state index contributed by atoms with van der Waals surface area (Å²) in [4.78, 5) is 36.4. The van der Waals surface area contributed by atoms with Crippen LogP contribution in [0, 0.1) is 5.82 Å². The van der Waals surface area contributed by atoms with Crippen molar-refractivity contribution in [2.45, 2.75) is 13.3 Å². The summed E-state index contributed by atoms with van der Waals surface area (Å²) in [5.74, 6) is -2.60. The Bertz CT molecular complexity index is 604. The van der Waals surface area contributed by atoms with Gasteiger partial charge in [-0.25, -0.2) is 4.39 Å². The predicted molar refractivity (Wildman–Crippen MR) is 74.1 cm³/mol. The first kappa shape index (κ1) is 14.6. The molecule has 0 aromatic heterocycles. The van der Waals surface area contributed by atoms with E-state index in [2.05, 4.69) is 21.2 Å². The summed E-state index contributed by atoms with van der Waals surface area (Å²) in [6.07, 6.45) is 0.768. The summed E-state index contributed by atoms with van der Waals surface area (Å²) in [5.41, 5.74) is 0.221. The molecule has 2 rings (SSSR count). The van der Waals surface area contributed by atoms with Gasteiger partial charge in [-0.15, -0.1) is 0 Å². The maximum Gasteiger partial charge on any atom is 0.299 e. The van der Waals surface area contributed by atoms with Gasteiger partial charge in [-0.3, -0.25) is 19.3 Å². The number of nitrogens with zero attached hydrogens (tertiary/aromatic N) is 1. The second-order valence-corrected chi connectivity index (χ2v) is 5.21. The maximum atomic E-state index is 13.3. The Morgan fingerprint density at radius 2 is 2.10 bits per heavy atom. The molecular formula is C13H12BrFN2O3. The molecule has 0 radical (unpaired) electrons. The van der Waals surface area contributed by atoms with Crippen LogP contribution in [0.1, 0.15) is 23.7 Å². The molecule has 1 aromatic carbocycles. The first-order valence-electron chi connectivity index (χ1n) is 6.07. The summed E-state index contributed by atoms with van der Waals surface area (Å²) in [5, 5.41) is 2.62. The minimum Gasteiger partial charge on any atom is -0.355 e. The summed E-state index contributed by atoms with van der Waals surface area (Å²) < 4.78 is 13.6. The molecule has 1 aliphatic rings. The number of benzene rings is 1. The van der Waals surface area contributed by atoms with Crippen molar-refractivity contribution in [3.63, 3.8) is 0 Å². The van der Waals surface area contributed by atoms with Crippen LogP contribution in [0.15, 0.2) is 16.6 Å². The van der Waals surface area contributed by atoms with E-state index in [1.165, 1.54) is 0 Å². The van der Waals surface area contributed by atoms with E-state index in [1.807, 2.05) is 6.92 Å². The number of anilines is 1. The van der Waals surface area contributed by atoms with Gasteiger partial charge < -0.3 is 5.32 Å². The number of hydrogen-bond donors (Lipinski definition) is 1. The number of ketones is 1.